The van der Waals surface area contributed by atoms with Crippen LogP contribution in [0.4, 0.5) is 4.39 Å². The molecule has 0 saturated heterocycles. The fourth-order valence-electron chi connectivity index (χ4n) is 2.01. The van der Waals surface area contributed by atoms with E-state index >= 15 is 0 Å². The second kappa shape index (κ2) is 5.94. The van der Waals surface area contributed by atoms with Crippen molar-refractivity contribution in [3.8, 4) is 0 Å². The zero-order valence-electron chi connectivity index (χ0n) is 11.9. The molecule has 0 spiro atoms. The van der Waals surface area contributed by atoms with E-state index in [1.54, 1.807) is 17.7 Å². The molecule has 0 aliphatic heterocycles. The van der Waals surface area contributed by atoms with Crippen molar-refractivity contribution in [2.24, 2.45) is 5.92 Å². The van der Waals surface area contributed by atoms with Crippen LogP contribution in [0, 0.1) is 18.7 Å². The summed E-state index contributed by atoms with van der Waals surface area (Å²) in [5.41, 5.74) is 0.900. The second-order valence-corrected chi connectivity index (χ2v) is 5.34. The van der Waals surface area contributed by atoms with Crippen molar-refractivity contribution < 1.29 is 9.18 Å². The molecule has 0 N–H and O–H groups in total. The van der Waals surface area contributed by atoms with Crippen molar-refractivity contribution >= 4 is 5.78 Å². The predicted octanol–water partition coefficient (Wildman–Crippen LogP) is 2.81. The first-order valence-electron chi connectivity index (χ1n) is 6.63. The number of ketones is 1. The molecule has 0 aliphatic carbocycles. The number of benzene rings is 1. The summed E-state index contributed by atoms with van der Waals surface area (Å²) in [7, 11) is 0. The second-order valence-electron chi connectivity index (χ2n) is 5.34. The van der Waals surface area contributed by atoms with E-state index in [1.807, 2.05) is 0 Å². The highest BCUT2D eigenvalue weighted by Crippen LogP contribution is 2.13. The Bertz CT molecular complexity index is 619. The number of carbonyl (C=O) groups excluding carboxylic acids is 1. The van der Waals surface area contributed by atoms with Gasteiger partial charge in [-0.3, -0.25) is 4.79 Å². The summed E-state index contributed by atoms with van der Waals surface area (Å²) in [6.45, 7) is 6.61. The standard InChI is InChI=1S/C15H18FN3O/c1-10(2)8-19-15(17-9-18-19)7-14(20)12-5-4-11(3)6-13(12)16/h4-6,9-10H,7-8H2,1-3H3. The van der Waals surface area contributed by atoms with Gasteiger partial charge in [0.1, 0.15) is 18.0 Å². The lowest BCUT2D eigenvalue weighted by Crippen LogP contribution is -2.15. The zero-order valence-corrected chi connectivity index (χ0v) is 11.9. The SMILES string of the molecule is Cc1ccc(C(=O)Cc2ncnn2CC(C)C)c(F)c1. The van der Waals surface area contributed by atoms with E-state index in [2.05, 4.69) is 23.9 Å². The van der Waals surface area contributed by atoms with E-state index in [9.17, 15) is 9.18 Å². The maximum Gasteiger partial charge on any atom is 0.173 e. The van der Waals surface area contributed by atoms with Crippen LogP contribution in [-0.4, -0.2) is 20.5 Å². The number of Topliss-reactive ketones (excluding diaryl/α,β-unsaturated/α-hetero) is 1. The smallest absolute Gasteiger partial charge is 0.173 e. The number of hydrogen-bond acceptors (Lipinski definition) is 3. The van der Waals surface area contributed by atoms with Gasteiger partial charge >= 0.3 is 0 Å². The van der Waals surface area contributed by atoms with Crippen molar-refractivity contribution in [1.82, 2.24) is 14.8 Å². The van der Waals surface area contributed by atoms with Gasteiger partial charge in [-0.05, 0) is 30.5 Å². The van der Waals surface area contributed by atoms with Gasteiger partial charge in [-0.1, -0.05) is 19.9 Å². The maximum absolute atomic E-state index is 13.8. The molecule has 0 amide bonds. The van der Waals surface area contributed by atoms with Crippen molar-refractivity contribution in [2.45, 2.75) is 33.7 Å². The lowest BCUT2D eigenvalue weighted by Gasteiger charge is -2.08. The Morgan fingerprint density at radius 2 is 2.15 bits per heavy atom. The van der Waals surface area contributed by atoms with Gasteiger partial charge in [0.2, 0.25) is 0 Å². The van der Waals surface area contributed by atoms with Crippen LogP contribution >= 0.6 is 0 Å². The van der Waals surface area contributed by atoms with E-state index in [0.29, 0.717) is 18.3 Å². The monoisotopic (exact) mass is 275 g/mol. The summed E-state index contributed by atoms with van der Waals surface area (Å²) >= 11 is 0. The molecule has 1 aromatic heterocycles. The van der Waals surface area contributed by atoms with E-state index in [0.717, 1.165) is 5.56 Å². The number of carbonyl (C=O) groups is 1. The number of halogens is 1. The number of rotatable bonds is 5. The van der Waals surface area contributed by atoms with Gasteiger partial charge in [-0.25, -0.2) is 14.1 Å². The molecule has 0 unspecified atom stereocenters. The minimum absolute atomic E-state index is 0.0622. The third-order valence-corrected chi connectivity index (χ3v) is 2.98. The van der Waals surface area contributed by atoms with Crippen LogP contribution in [0.25, 0.3) is 0 Å². The Morgan fingerprint density at radius 3 is 2.80 bits per heavy atom. The summed E-state index contributed by atoms with van der Waals surface area (Å²) in [4.78, 5) is 16.3. The Labute approximate surface area is 117 Å². The topological polar surface area (TPSA) is 47.8 Å². The summed E-state index contributed by atoms with van der Waals surface area (Å²) in [6.07, 6.45) is 1.49. The Balaban J connectivity index is 2.17. The van der Waals surface area contributed by atoms with Gasteiger partial charge in [0.15, 0.2) is 5.78 Å². The van der Waals surface area contributed by atoms with Crippen molar-refractivity contribution in [1.29, 1.82) is 0 Å². The summed E-state index contributed by atoms with van der Waals surface area (Å²) in [5, 5.41) is 4.10. The fourth-order valence-corrected chi connectivity index (χ4v) is 2.01. The molecule has 5 heteroatoms. The highest BCUT2D eigenvalue weighted by Gasteiger charge is 2.16. The van der Waals surface area contributed by atoms with Gasteiger partial charge in [0.25, 0.3) is 0 Å². The van der Waals surface area contributed by atoms with Crippen molar-refractivity contribution in [3.05, 3.63) is 47.3 Å². The number of nitrogens with zero attached hydrogens (tertiary/aromatic N) is 3. The molecule has 2 aromatic rings. The normalized spacial score (nSPS) is 11.1. The molecule has 0 saturated carbocycles. The fraction of sp³-hybridized carbons (Fsp3) is 0.400. The molecule has 20 heavy (non-hydrogen) atoms. The quantitative estimate of drug-likeness (QED) is 0.788. The van der Waals surface area contributed by atoms with Crippen LogP contribution in [0.2, 0.25) is 0 Å². The lowest BCUT2D eigenvalue weighted by molar-refractivity contribution is 0.0985. The number of hydrogen-bond donors (Lipinski definition) is 0. The van der Waals surface area contributed by atoms with Crippen LogP contribution in [0.3, 0.4) is 0 Å². The Morgan fingerprint density at radius 1 is 1.40 bits per heavy atom. The lowest BCUT2D eigenvalue weighted by atomic mass is 10.1. The highest BCUT2D eigenvalue weighted by molar-refractivity contribution is 5.97. The van der Waals surface area contributed by atoms with Gasteiger partial charge in [0.05, 0.1) is 12.0 Å². The highest BCUT2D eigenvalue weighted by atomic mass is 19.1. The molecular weight excluding hydrogens is 257 g/mol. The average Bonchev–Trinajstić information content (AvgIpc) is 2.75. The maximum atomic E-state index is 13.8. The molecule has 0 radical (unpaired) electrons. The first-order chi connectivity index (χ1) is 9.47. The predicted molar refractivity (Wildman–Crippen MR) is 74.0 cm³/mol. The molecule has 1 aromatic carbocycles. The summed E-state index contributed by atoms with van der Waals surface area (Å²) < 4.78 is 15.5. The first kappa shape index (κ1) is 14.4. The summed E-state index contributed by atoms with van der Waals surface area (Å²) in [5.74, 6) is 0.218. The molecule has 106 valence electrons. The third-order valence-electron chi connectivity index (χ3n) is 2.98. The molecular formula is C15H18FN3O. The molecule has 2 rings (SSSR count). The van der Waals surface area contributed by atoms with E-state index in [4.69, 9.17) is 0 Å². The molecule has 4 nitrogen and oxygen atoms in total. The minimum atomic E-state index is -0.482. The van der Waals surface area contributed by atoms with E-state index in [1.165, 1.54) is 18.5 Å². The Hall–Kier alpha value is -2.04. The molecule has 0 bridgehead atoms. The largest absolute Gasteiger partial charge is 0.294 e. The van der Waals surface area contributed by atoms with Gasteiger partial charge in [0, 0.05) is 6.54 Å². The van der Waals surface area contributed by atoms with Gasteiger partial charge < -0.3 is 0 Å². The molecule has 0 fully saturated rings. The zero-order chi connectivity index (χ0) is 14.7. The van der Waals surface area contributed by atoms with Crippen LogP contribution in [0.5, 0.6) is 0 Å². The van der Waals surface area contributed by atoms with E-state index < -0.39 is 5.82 Å². The number of aryl methyl sites for hydroxylation is 1. The van der Waals surface area contributed by atoms with Crippen molar-refractivity contribution in [3.63, 3.8) is 0 Å². The van der Waals surface area contributed by atoms with Crippen LogP contribution < -0.4 is 0 Å². The van der Waals surface area contributed by atoms with Gasteiger partial charge in [-0.15, -0.1) is 0 Å². The average molecular weight is 275 g/mol. The van der Waals surface area contributed by atoms with Crippen LogP contribution in [0.1, 0.15) is 35.6 Å². The Kier molecular flexibility index (Phi) is 4.27. The first-order valence-corrected chi connectivity index (χ1v) is 6.63. The van der Waals surface area contributed by atoms with Crippen LogP contribution in [-0.2, 0) is 13.0 Å². The number of aromatic nitrogens is 3. The van der Waals surface area contributed by atoms with Crippen molar-refractivity contribution in [2.75, 3.05) is 0 Å². The molecule has 0 aliphatic rings. The van der Waals surface area contributed by atoms with E-state index in [-0.39, 0.29) is 17.8 Å². The van der Waals surface area contributed by atoms with Gasteiger partial charge in [-0.2, -0.15) is 5.10 Å². The minimum Gasteiger partial charge on any atom is -0.294 e. The molecule has 1 heterocycles. The summed E-state index contributed by atoms with van der Waals surface area (Å²) in [6, 6.07) is 4.62. The third kappa shape index (κ3) is 3.29. The van der Waals surface area contributed by atoms with Crippen LogP contribution in [0.15, 0.2) is 24.5 Å². The molecule has 0 atom stereocenters.